The van der Waals surface area contributed by atoms with Gasteiger partial charge in [-0.2, -0.15) is 0 Å². The van der Waals surface area contributed by atoms with E-state index in [1.807, 2.05) is 0 Å². The summed E-state index contributed by atoms with van der Waals surface area (Å²) < 4.78 is 0. The van der Waals surface area contributed by atoms with Crippen LogP contribution in [-0.2, 0) is 10.8 Å². The zero-order valence-electron chi connectivity index (χ0n) is 27.3. The van der Waals surface area contributed by atoms with Gasteiger partial charge in [0.15, 0.2) is 0 Å². The molecule has 5 aromatic carbocycles. The fourth-order valence-electron chi connectivity index (χ4n) is 12.6. The molecule has 12 rings (SSSR count). The van der Waals surface area contributed by atoms with E-state index in [0.717, 1.165) is 23.7 Å². The van der Waals surface area contributed by atoms with E-state index in [0.29, 0.717) is 0 Å². The maximum atomic E-state index is 2.66. The monoisotopic (exact) mass is 609 g/mol. The fraction of sp³-hybridized carbons (Fsp3) is 0.348. The lowest BCUT2D eigenvalue weighted by molar-refractivity contribution is 0.0618. The van der Waals surface area contributed by atoms with E-state index in [1.165, 1.54) is 104 Å². The zero-order valence-corrected chi connectivity index (χ0v) is 27.3. The van der Waals surface area contributed by atoms with Crippen LogP contribution in [0.25, 0.3) is 22.3 Å². The number of nitrogens with zero attached hydrogens (tertiary/aromatic N) is 1. The fourth-order valence-corrected chi connectivity index (χ4v) is 12.6. The minimum absolute atomic E-state index is 0.154. The lowest BCUT2D eigenvalue weighted by atomic mass is 9.51. The van der Waals surface area contributed by atoms with E-state index in [9.17, 15) is 0 Å². The number of anilines is 3. The van der Waals surface area contributed by atoms with E-state index in [1.54, 1.807) is 22.3 Å². The number of benzene rings is 5. The van der Waals surface area contributed by atoms with Crippen molar-refractivity contribution in [1.82, 2.24) is 0 Å². The van der Waals surface area contributed by atoms with Crippen molar-refractivity contribution in [1.29, 1.82) is 0 Å². The molecule has 0 aliphatic heterocycles. The number of fused-ring (bicyclic) bond motifs is 9. The van der Waals surface area contributed by atoms with Gasteiger partial charge >= 0.3 is 0 Å². The number of rotatable bonds is 3. The Morgan fingerprint density at radius 2 is 1.09 bits per heavy atom. The van der Waals surface area contributed by atoms with Gasteiger partial charge in [0, 0.05) is 27.9 Å². The smallest absolute Gasteiger partial charge is 0.0468 e. The van der Waals surface area contributed by atoms with Crippen LogP contribution < -0.4 is 4.90 Å². The Morgan fingerprint density at radius 1 is 0.447 bits per heavy atom. The molecular formula is C46H43N. The molecule has 1 heteroatoms. The first-order chi connectivity index (χ1) is 23.2. The van der Waals surface area contributed by atoms with Gasteiger partial charge in [0.05, 0.1) is 0 Å². The SMILES string of the molecule is c1ccc(N(c2ccc3c(c2)-c2ccccc2C32CCCC2)c2ccc3c(c2)C2(c4ccccc4-3)C3CCC4CC(C3)CC2C4)cc1. The minimum Gasteiger partial charge on any atom is -0.310 e. The Hall–Kier alpha value is -4.10. The van der Waals surface area contributed by atoms with Gasteiger partial charge in [-0.05, 0) is 150 Å². The third kappa shape index (κ3) is 3.51. The summed E-state index contributed by atoms with van der Waals surface area (Å²) in [5.74, 6) is 3.38. The third-order valence-electron chi connectivity index (χ3n) is 14.1. The second kappa shape index (κ2) is 9.72. The summed E-state index contributed by atoms with van der Waals surface area (Å²) in [5.41, 5.74) is 16.5. The van der Waals surface area contributed by atoms with Gasteiger partial charge in [-0.1, -0.05) is 98.1 Å². The van der Waals surface area contributed by atoms with Crippen LogP contribution in [0.4, 0.5) is 17.1 Å². The number of hydrogen-bond acceptors (Lipinski definition) is 1. The van der Waals surface area contributed by atoms with Crippen molar-refractivity contribution in [3.8, 4) is 22.3 Å². The van der Waals surface area contributed by atoms with Crippen molar-refractivity contribution < 1.29 is 0 Å². The molecule has 5 saturated carbocycles. The van der Waals surface area contributed by atoms with Crippen LogP contribution in [0.15, 0.2) is 115 Å². The molecule has 5 atom stereocenters. The Bertz CT molecular complexity index is 2040. The molecule has 5 unspecified atom stereocenters. The molecule has 0 radical (unpaired) electrons. The lowest BCUT2D eigenvalue weighted by Crippen LogP contribution is -2.48. The summed E-state index contributed by atoms with van der Waals surface area (Å²) in [5, 5.41) is 0. The summed E-state index contributed by atoms with van der Waals surface area (Å²) in [6.07, 6.45) is 13.8. The molecule has 1 nitrogen and oxygen atoms in total. The normalized spacial score (nSPS) is 28.3. The molecule has 0 aromatic heterocycles. The molecular weight excluding hydrogens is 567 g/mol. The molecule has 0 heterocycles. The van der Waals surface area contributed by atoms with Crippen molar-refractivity contribution >= 4 is 17.1 Å². The van der Waals surface area contributed by atoms with E-state index in [-0.39, 0.29) is 10.8 Å². The van der Waals surface area contributed by atoms with Crippen LogP contribution in [0.1, 0.15) is 86.5 Å². The number of para-hydroxylation sites is 1. The van der Waals surface area contributed by atoms with E-state index in [2.05, 4.69) is 120 Å². The largest absolute Gasteiger partial charge is 0.310 e. The average Bonchev–Trinajstić information content (AvgIpc) is 3.75. The highest BCUT2D eigenvalue weighted by atomic mass is 15.1. The van der Waals surface area contributed by atoms with E-state index in [4.69, 9.17) is 0 Å². The predicted molar refractivity (Wildman–Crippen MR) is 194 cm³/mol. The predicted octanol–water partition coefficient (Wildman–Crippen LogP) is 12.1. The van der Waals surface area contributed by atoms with Crippen molar-refractivity contribution in [2.75, 3.05) is 4.90 Å². The van der Waals surface area contributed by atoms with Crippen LogP contribution in [0.2, 0.25) is 0 Å². The first-order valence-electron chi connectivity index (χ1n) is 18.6. The Morgan fingerprint density at radius 3 is 1.94 bits per heavy atom. The van der Waals surface area contributed by atoms with Gasteiger partial charge in [0.25, 0.3) is 0 Å². The molecule has 7 aliphatic carbocycles. The average molecular weight is 610 g/mol. The van der Waals surface area contributed by atoms with Crippen LogP contribution in [-0.4, -0.2) is 0 Å². The van der Waals surface area contributed by atoms with Gasteiger partial charge in [-0.15, -0.1) is 0 Å². The van der Waals surface area contributed by atoms with Gasteiger partial charge in [-0.3, -0.25) is 0 Å². The van der Waals surface area contributed by atoms with Crippen LogP contribution in [0.3, 0.4) is 0 Å². The molecule has 0 amide bonds. The van der Waals surface area contributed by atoms with Crippen LogP contribution in [0, 0.1) is 23.7 Å². The zero-order chi connectivity index (χ0) is 30.7. The molecule has 0 N–H and O–H groups in total. The summed E-state index contributed by atoms with van der Waals surface area (Å²) in [7, 11) is 0. The maximum absolute atomic E-state index is 2.66. The summed E-state index contributed by atoms with van der Waals surface area (Å²) in [4.78, 5) is 2.56. The summed E-state index contributed by atoms with van der Waals surface area (Å²) in [6, 6.07) is 45.0. The highest BCUT2D eigenvalue weighted by molar-refractivity contribution is 5.89. The third-order valence-corrected chi connectivity index (χ3v) is 14.1. The van der Waals surface area contributed by atoms with Gasteiger partial charge < -0.3 is 4.90 Å². The molecule has 47 heavy (non-hydrogen) atoms. The van der Waals surface area contributed by atoms with Crippen molar-refractivity contribution in [2.45, 2.75) is 75.0 Å². The van der Waals surface area contributed by atoms with Crippen molar-refractivity contribution in [3.05, 3.63) is 138 Å². The Labute approximate surface area is 279 Å². The molecule has 232 valence electrons. The molecule has 0 saturated heterocycles. The molecule has 7 aliphatic rings. The lowest BCUT2D eigenvalue weighted by Gasteiger charge is -2.53. The minimum atomic E-state index is 0.154. The molecule has 4 bridgehead atoms. The molecule has 5 aromatic rings. The van der Waals surface area contributed by atoms with Gasteiger partial charge in [0.1, 0.15) is 0 Å². The van der Waals surface area contributed by atoms with Crippen LogP contribution >= 0.6 is 0 Å². The highest BCUT2D eigenvalue weighted by Crippen LogP contribution is 2.68. The van der Waals surface area contributed by atoms with E-state index < -0.39 is 0 Å². The van der Waals surface area contributed by atoms with Crippen LogP contribution in [0.5, 0.6) is 0 Å². The van der Waals surface area contributed by atoms with E-state index >= 15 is 0 Å². The second-order valence-corrected chi connectivity index (χ2v) is 16.0. The Balaban J connectivity index is 1.12. The summed E-state index contributed by atoms with van der Waals surface area (Å²) in [6.45, 7) is 0. The second-order valence-electron chi connectivity index (χ2n) is 16.0. The molecule has 5 fully saturated rings. The number of hydrogen-bond donors (Lipinski definition) is 0. The van der Waals surface area contributed by atoms with Crippen molar-refractivity contribution in [2.24, 2.45) is 23.7 Å². The van der Waals surface area contributed by atoms with Crippen molar-refractivity contribution in [3.63, 3.8) is 0 Å². The first kappa shape index (κ1) is 26.9. The topological polar surface area (TPSA) is 3.24 Å². The quantitative estimate of drug-likeness (QED) is 0.197. The van der Waals surface area contributed by atoms with Gasteiger partial charge in [-0.25, -0.2) is 0 Å². The van der Waals surface area contributed by atoms with Gasteiger partial charge in [0.2, 0.25) is 0 Å². The Kier molecular flexibility index (Phi) is 5.57. The summed E-state index contributed by atoms with van der Waals surface area (Å²) >= 11 is 0. The highest BCUT2D eigenvalue weighted by Gasteiger charge is 2.59. The first-order valence-corrected chi connectivity index (χ1v) is 18.6. The standard InChI is InChI=1S/C46H43N/c1-2-10-34(11-3-1)47(35-19-21-42-40(28-35)38-13-4-6-14-41(38)45(42)22-8-9-23-45)36-18-20-39-37-12-5-7-15-43(37)46(44(39)29-36)32-17-16-30-24-31(26-32)27-33(46)25-30/h1-7,10-15,18-21,28-33H,8-9,16-17,22-27H2. The molecule has 2 spiro atoms. The maximum Gasteiger partial charge on any atom is 0.0468 e.